The molecule has 2 fully saturated rings. The molecular formula is C105H178N4O25. The summed E-state index contributed by atoms with van der Waals surface area (Å²) in [5, 5.41) is 55.2. The Morgan fingerprint density at radius 2 is 0.851 bits per heavy atom. The molecule has 12 rings (SSSR count). The molecule has 8 unspecified atom stereocenters. The van der Waals surface area contributed by atoms with E-state index in [1.54, 1.807) is 21.7 Å². The Morgan fingerprint density at radius 1 is 0.418 bits per heavy atom. The summed E-state index contributed by atoms with van der Waals surface area (Å²) in [4.78, 5) is 73.7. The van der Waals surface area contributed by atoms with Crippen LogP contribution in [0.1, 0.15) is 304 Å². The van der Waals surface area contributed by atoms with Gasteiger partial charge in [0.1, 0.15) is 42.9 Å². The van der Waals surface area contributed by atoms with Crippen LogP contribution < -0.4 is 5.32 Å². The standard InChI is InChI=1S/2C13H21NO4.C12H21NO2.2C11H18O2.C10H17NO2.C10H18O2.C9H16O.C8H14O4.C8H14O2/c2*15-8-10-17-9-7-14-11-5-3-1-2-4-6-12(11)18-13(14)16;1-12(2,3)15-11(14)13-9-7-5-4-6-8-10-13;2*1-2-11(12)13-10-8-6-4-3-5-7-9-10;1-11-10(12)13-9-7-5-3-2-4-6-8-9;11-8-9-12-10-6-4-2-1-3-5-7-10;1-10-9-7-5-3-2-4-6-8-9;9-3-5-12-8-2-1-4-10-7-11-6-8;9-7-5-3-1-2-4-6-8(7)10/h2*1-2,11-12,15H,3-10H2;4-5H,6-10H2,1-3H3;6,8,10H,2-5,7,9H2,1H3;3-4,10H,2,5-9H2,1H3;3,5,9H,2,4,6-8H2,1H3,(H,11,12);4,6,10-11H,1-3,5,7-9H2;2-3,9H,4-8H2,1H3;1-2,8-9H,3-7H2;1-2,7-10H,3-6H2/b2*2-1+;5-4+;8-6+;4-3+;5-3+;6-4+;3-2+;2*2-1+/t2*11-,12-;;;;;;;;/m11......../s1. The van der Waals surface area contributed by atoms with Gasteiger partial charge < -0.3 is 102 Å². The summed E-state index contributed by atoms with van der Waals surface area (Å²) in [6.07, 6.45) is 85.3. The third kappa shape index (κ3) is 62.7. The van der Waals surface area contributed by atoms with Gasteiger partial charge in [0.05, 0.1) is 122 Å². The molecule has 4 amide bonds. The summed E-state index contributed by atoms with van der Waals surface area (Å²) < 4.78 is 68.4. The number of aliphatic hydroxyl groups excluding tert-OH is 6. The highest BCUT2D eigenvalue weighted by Gasteiger charge is 2.42. The molecule has 8 aliphatic carbocycles. The summed E-state index contributed by atoms with van der Waals surface area (Å²) in [6.45, 7) is 15.9. The molecule has 0 bridgehead atoms. The molecule has 12 atom stereocenters. The molecule has 4 aliphatic heterocycles. The molecule has 0 aromatic carbocycles. The highest BCUT2D eigenvalue weighted by molar-refractivity contribution is 5.72. The van der Waals surface area contributed by atoms with Crippen LogP contribution in [0.25, 0.3) is 0 Å². The summed E-state index contributed by atoms with van der Waals surface area (Å²) in [5.41, 5.74) is -0.394. The van der Waals surface area contributed by atoms with E-state index in [2.05, 4.69) is 109 Å². The Morgan fingerprint density at radius 3 is 1.39 bits per heavy atom. The number of alkyl carbamates (subject to hydrolysis) is 1. The highest BCUT2D eigenvalue weighted by atomic mass is 16.7. The van der Waals surface area contributed by atoms with Gasteiger partial charge in [0.25, 0.3) is 0 Å². The summed E-state index contributed by atoms with van der Waals surface area (Å²) >= 11 is 0. The lowest BCUT2D eigenvalue weighted by Crippen LogP contribution is -2.39. The number of nitrogens with zero attached hydrogens (tertiary/aromatic N) is 3. The van der Waals surface area contributed by atoms with Crippen molar-refractivity contribution >= 4 is 36.3 Å². The Hall–Kier alpha value is -7.10. The van der Waals surface area contributed by atoms with Crippen molar-refractivity contribution in [1.29, 1.82) is 0 Å². The first-order valence-corrected chi connectivity index (χ1v) is 50.8. The van der Waals surface area contributed by atoms with Gasteiger partial charge in [0.2, 0.25) is 0 Å². The maximum absolute atomic E-state index is 11.8. The van der Waals surface area contributed by atoms with Crippen LogP contribution >= 0.6 is 0 Å². The zero-order chi connectivity index (χ0) is 97.4. The number of fused-ring (bicyclic) bond motifs is 2. The van der Waals surface area contributed by atoms with E-state index in [1.165, 1.54) is 83.5 Å². The smallest absolute Gasteiger partial charge is 0.410 e. The van der Waals surface area contributed by atoms with Crippen LogP contribution in [0.2, 0.25) is 0 Å². The molecule has 0 spiro atoms. The Labute approximate surface area is 804 Å². The molecule has 29 nitrogen and oxygen atoms in total. The van der Waals surface area contributed by atoms with Crippen molar-refractivity contribution in [1.82, 2.24) is 20.0 Å². The zero-order valence-electron chi connectivity index (χ0n) is 83.0. The van der Waals surface area contributed by atoms with E-state index >= 15 is 0 Å². The average Bonchev–Trinajstić information content (AvgIpc) is 1.68. The Kier molecular flexibility index (Phi) is 74.0. The number of nitrogens with one attached hydrogen (secondary N) is 1. The predicted molar refractivity (Wildman–Crippen MR) is 524 cm³/mol. The number of carbonyl (C=O) groups is 6. The third-order valence-electron chi connectivity index (χ3n) is 23.3. The minimum Gasteiger partial charge on any atom is -0.462 e. The maximum Gasteiger partial charge on any atom is 0.410 e. The number of hydrogen-bond acceptors (Lipinski definition) is 25. The van der Waals surface area contributed by atoms with Gasteiger partial charge in [-0.05, 0) is 258 Å². The molecule has 0 aromatic rings. The first-order valence-electron chi connectivity index (χ1n) is 50.8. The Balaban J connectivity index is 0.000000386. The van der Waals surface area contributed by atoms with E-state index < -0.39 is 17.8 Å². The van der Waals surface area contributed by atoms with Crippen LogP contribution in [0.15, 0.2) is 122 Å². The first kappa shape index (κ1) is 121. The van der Waals surface area contributed by atoms with Gasteiger partial charge in [-0.1, -0.05) is 149 Å². The van der Waals surface area contributed by atoms with Crippen LogP contribution in [0.3, 0.4) is 0 Å². The molecule has 7 N–H and O–H groups in total. The van der Waals surface area contributed by atoms with Crippen molar-refractivity contribution in [2.45, 2.75) is 383 Å². The van der Waals surface area contributed by atoms with E-state index in [9.17, 15) is 39.0 Å². The van der Waals surface area contributed by atoms with E-state index in [0.29, 0.717) is 105 Å². The van der Waals surface area contributed by atoms with Crippen LogP contribution in [0.4, 0.5) is 19.2 Å². The largest absolute Gasteiger partial charge is 0.462 e. The third-order valence-corrected chi connectivity index (χ3v) is 23.3. The number of hydrogen-bond donors (Lipinski definition) is 7. The van der Waals surface area contributed by atoms with Gasteiger partial charge in [-0.15, -0.1) is 0 Å². The number of rotatable bonds is 22. The first-order chi connectivity index (χ1) is 65.2. The van der Waals surface area contributed by atoms with Gasteiger partial charge in [0, 0.05) is 59.6 Å². The van der Waals surface area contributed by atoms with Gasteiger partial charge >= 0.3 is 36.3 Å². The lowest BCUT2D eigenvalue weighted by atomic mass is 9.98. The SMILES string of the molecule is CC(C)(C)OC(=O)N1CC/C=C/CCC1.CCC(=O)OC1/C=C/CCCCC1.CCC(=O)OC1CC/C=C/CCC1.CNC(=O)OC1C/C=C/CCCC1.COC1CC/C=C/CCC1.O=C1O[C@@H]2CC/C=C/CC[C@H]2N1CCOCCO.O=C1O[C@@H]2CC/C=C/CC[C@H]2N1CCOCCO.OC1CC/C=C/CCC1O.OCCOC1/C=C/CCCCC1.OCCOC1/C=C/COCOC1. The zero-order valence-corrected chi connectivity index (χ0v) is 83.0. The second kappa shape index (κ2) is 81.9. The number of allylic oxidation sites excluding steroid dienone is 14. The molecule has 2 saturated heterocycles. The summed E-state index contributed by atoms with van der Waals surface area (Å²) in [5.74, 6) is -0.148. The lowest BCUT2D eigenvalue weighted by Gasteiger charge is -2.27. The number of carbonyl (C=O) groups excluding carboxylic acids is 6. The molecule has 0 aromatic heterocycles. The van der Waals surface area contributed by atoms with E-state index in [1.807, 2.05) is 60.0 Å². The number of aliphatic hydroxyl groups is 6. The number of ether oxygens (including phenoxy) is 13. The molecule has 768 valence electrons. The fourth-order valence-electron chi connectivity index (χ4n) is 15.9. The van der Waals surface area contributed by atoms with Gasteiger partial charge in [-0.25, -0.2) is 19.2 Å². The molecular weight excluding hydrogens is 1720 g/mol. The normalized spacial score (nSPS) is 27.7. The van der Waals surface area contributed by atoms with Crippen LogP contribution in [-0.4, -0.2) is 287 Å². The van der Waals surface area contributed by atoms with E-state index in [4.69, 9.17) is 82.0 Å². The molecule has 0 radical (unpaired) electrons. The van der Waals surface area contributed by atoms with Crippen LogP contribution in [0.5, 0.6) is 0 Å². The van der Waals surface area contributed by atoms with Crippen molar-refractivity contribution < 1.29 is 121 Å². The molecule has 4 heterocycles. The van der Waals surface area contributed by atoms with Crippen molar-refractivity contribution in [2.24, 2.45) is 0 Å². The Bertz CT molecular complexity index is 3180. The maximum atomic E-state index is 11.8. The monoisotopic (exact) mass is 1900 g/mol. The van der Waals surface area contributed by atoms with Crippen molar-refractivity contribution in [3.63, 3.8) is 0 Å². The van der Waals surface area contributed by atoms with Gasteiger partial charge in [-0.3, -0.25) is 19.4 Å². The van der Waals surface area contributed by atoms with Gasteiger partial charge in [-0.2, -0.15) is 0 Å². The summed E-state index contributed by atoms with van der Waals surface area (Å²) in [6, 6.07) is 0.361. The highest BCUT2D eigenvalue weighted by Crippen LogP contribution is 2.31. The minimum absolute atomic E-state index is 0.0152. The number of esters is 2. The van der Waals surface area contributed by atoms with E-state index in [-0.39, 0.29) is 118 Å². The minimum atomic E-state index is -0.509. The van der Waals surface area contributed by atoms with E-state index in [0.717, 1.165) is 174 Å². The predicted octanol–water partition coefficient (Wildman–Crippen LogP) is 18.7. The van der Waals surface area contributed by atoms with Crippen molar-refractivity contribution in [2.75, 3.05) is 126 Å². The topological polar surface area (TPSA) is 366 Å². The fourth-order valence-corrected chi connectivity index (χ4v) is 15.9. The molecule has 134 heavy (non-hydrogen) atoms. The number of amides is 4. The average molecular weight is 1900 g/mol. The van der Waals surface area contributed by atoms with Crippen LogP contribution in [-0.2, 0) is 71.2 Å². The molecule has 12 aliphatic rings. The second-order valence-electron chi connectivity index (χ2n) is 35.5. The fraction of sp³-hybridized carbons (Fsp3) is 0.752. The van der Waals surface area contributed by atoms with Crippen LogP contribution in [0, 0.1) is 0 Å². The second-order valence-corrected chi connectivity index (χ2v) is 35.5. The van der Waals surface area contributed by atoms with Crippen molar-refractivity contribution in [3.05, 3.63) is 122 Å². The van der Waals surface area contributed by atoms with Crippen molar-refractivity contribution in [3.8, 4) is 0 Å². The molecule has 0 saturated carbocycles. The quantitative estimate of drug-likeness (QED) is 0.0229. The molecule has 29 heteroatoms. The lowest BCUT2D eigenvalue weighted by molar-refractivity contribution is -0.149. The number of methoxy groups -OCH3 is 1. The van der Waals surface area contributed by atoms with Gasteiger partial charge in [0.15, 0.2) is 0 Å². The summed E-state index contributed by atoms with van der Waals surface area (Å²) in [7, 11) is 3.40.